The predicted octanol–water partition coefficient (Wildman–Crippen LogP) is 2.38. The molecule has 0 atom stereocenters. The van der Waals surface area contributed by atoms with Crippen molar-refractivity contribution in [3.63, 3.8) is 0 Å². The van der Waals surface area contributed by atoms with E-state index in [1.54, 1.807) is 18.7 Å². The van der Waals surface area contributed by atoms with Crippen molar-refractivity contribution in [2.75, 3.05) is 45.2 Å². The van der Waals surface area contributed by atoms with E-state index in [0.29, 0.717) is 48.7 Å². The van der Waals surface area contributed by atoms with Crippen LogP contribution in [-0.2, 0) is 16.0 Å². The number of aromatic nitrogens is 1. The summed E-state index contributed by atoms with van der Waals surface area (Å²) in [5, 5.41) is 2.99. The molecule has 3 rings (SSSR count). The summed E-state index contributed by atoms with van der Waals surface area (Å²) in [5.74, 6) is -0.651. The molecule has 1 fully saturated rings. The van der Waals surface area contributed by atoms with E-state index in [1.807, 2.05) is 29.2 Å². The molecule has 0 saturated carbocycles. The third kappa shape index (κ3) is 4.96. The summed E-state index contributed by atoms with van der Waals surface area (Å²) in [6.07, 6.45) is 0.854. The highest BCUT2D eigenvalue weighted by Gasteiger charge is 2.28. The van der Waals surface area contributed by atoms with Crippen molar-refractivity contribution in [2.24, 2.45) is 0 Å². The van der Waals surface area contributed by atoms with Crippen molar-refractivity contribution in [3.8, 4) is 0 Å². The minimum absolute atomic E-state index is 0.0563. The average Bonchev–Trinajstić information content (AvgIpc) is 3.07. The first kappa shape index (κ1) is 22.6. The number of carbonyl (C=O) groups is 3. The molecule has 8 heteroatoms. The van der Waals surface area contributed by atoms with E-state index in [-0.39, 0.29) is 18.4 Å². The average molecular weight is 427 g/mol. The summed E-state index contributed by atoms with van der Waals surface area (Å²) in [4.78, 5) is 44.3. The van der Waals surface area contributed by atoms with Crippen LogP contribution in [0.5, 0.6) is 0 Å². The number of hydrogen-bond acceptors (Lipinski definition) is 5. The first-order valence-corrected chi connectivity index (χ1v) is 10.5. The van der Waals surface area contributed by atoms with Crippen LogP contribution in [-0.4, -0.2) is 72.4 Å². The molecule has 8 nitrogen and oxygen atoms in total. The van der Waals surface area contributed by atoms with Gasteiger partial charge in [-0.05, 0) is 37.5 Å². The first-order chi connectivity index (χ1) is 14.8. The maximum atomic E-state index is 13.0. The van der Waals surface area contributed by atoms with Gasteiger partial charge in [0.25, 0.3) is 5.91 Å². The number of benzene rings is 1. The van der Waals surface area contributed by atoms with E-state index in [0.717, 1.165) is 17.7 Å². The number of aromatic amines is 1. The number of ether oxygens (including phenoxy) is 1. The van der Waals surface area contributed by atoms with Crippen molar-refractivity contribution in [3.05, 3.63) is 52.3 Å². The number of para-hydroxylation sites is 1. The van der Waals surface area contributed by atoms with Crippen LogP contribution >= 0.6 is 0 Å². The molecule has 0 spiro atoms. The van der Waals surface area contributed by atoms with Gasteiger partial charge in [-0.1, -0.05) is 25.1 Å². The van der Waals surface area contributed by atoms with Crippen LogP contribution in [0.2, 0.25) is 0 Å². The zero-order valence-corrected chi connectivity index (χ0v) is 18.6. The molecule has 2 aromatic rings. The molecule has 2 heterocycles. The maximum Gasteiger partial charge on any atom is 0.339 e. The van der Waals surface area contributed by atoms with E-state index in [9.17, 15) is 14.4 Å². The molecule has 166 valence electrons. The second-order valence-corrected chi connectivity index (χ2v) is 7.74. The minimum atomic E-state index is -0.453. The molecule has 1 aromatic carbocycles. The first-order valence-electron chi connectivity index (χ1n) is 10.5. The quantitative estimate of drug-likeness (QED) is 0.692. The Morgan fingerprint density at radius 3 is 2.42 bits per heavy atom. The number of amides is 2. The van der Waals surface area contributed by atoms with Crippen LogP contribution in [0.1, 0.15) is 44.6 Å². The van der Waals surface area contributed by atoms with E-state index in [1.165, 1.54) is 7.11 Å². The molecule has 1 aliphatic rings. The second kappa shape index (κ2) is 9.78. The summed E-state index contributed by atoms with van der Waals surface area (Å²) in [6, 6.07) is 7.80. The van der Waals surface area contributed by atoms with Crippen LogP contribution in [0.25, 0.3) is 0 Å². The Bertz CT molecular complexity index is 974. The number of nitrogens with zero attached hydrogens (tertiary/aromatic N) is 2. The van der Waals surface area contributed by atoms with Crippen LogP contribution in [0, 0.1) is 13.8 Å². The van der Waals surface area contributed by atoms with Crippen LogP contribution < -0.4 is 5.32 Å². The molecular formula is C23H30N4O4. The lowest BCUT2D eigenvalue weighted by Crippen LogP contribution is -2.50. The lowest BCUT2D eigenvalue weighted by molar-refractivity contribution is -0.117. The number of H-pyrrole nitrogens is 1. The number of rotatable bonds is 6. The number of piperazine rings is 1. The van der Waals surface area contributed by atoms with Gasteiger partial charge in [-0.3, -0.25) is 14.5 Å². The number of nitrogens with one attached hydrogen (secondary N) is 2. The largest absolute Gasteiger partial charge is 0.465 e. The molecule has 31 heavy (non-hydrogen) atoms. The number of esters is 1. The van der Waals surface area contributed by atoms with Gasteiger partial charge >= 0.3 is 5.97 Å². The summed E-state index contributed by atoms with van der Waals surface area (Å²) >= 11 is 0. The topological polar surface area (TPSA) is 94.7 Å². The smallest absolute Gasteiger partial charge is 0.339 e. The molecule has 1 saturated heterocycles. The van der Waals surface area contributed by atoms with Crippen LogP contribution in [0.4, 0.5) is 5.69 Å². The zero-order valence-electron chi connectivity index (χ0n) is 18.6. The maximum absolute atomic E-state index is 13.0. The lowest BCUT2D eigenvalue weighted by Gasteiger charge is -2.34. The third-order valence-corrected chi connectivity index (χ3v) is 5.74. The number of aryl methyl sites for hydroxylation is 2. The standard InChI is InChI=1S/C23H30N4O4/c1-5-17-8-6-7-9-18(17)25-19(28)14-26-10-12-27(13-11-26)22(29)21-15(2)20(16(3)24-21)23(30)31-4/h6-9,24H,5,10-14H2,1-4H3,(H,25,28). The third-order valence-electron chi connectivity index (χ3n) is 5.74. The highest BCUT2D eigenvalue weighted by atomic mass is 16.5. The van der Waals surface area contributed by atoms with Gasteiger partial charge in [0, 0.05) is 37.6 Å². The van der Waals surface area contributed by atoms with E-state index in [2.05, 4.69) is 17.2 Å². The molecule has 0 radical (unpaired) electrons. The van der Waals surface area contributed by atoms with E-state index in [4.69, 9.17) is 4.74 Å². The molecule has 0 bridgehead atoms. The highest BCUT2D eigenvalue weighted by Crippen LogP contribution is 2.21. The van der Waals surface area contributed by atoms with Gasteiger partial charge in [0.05, 0.1) is 19.2 Å². The van der Waals surface area contributed by atoms with Gasteiger partial charge in [0.1, 0.15) is 5.69 Å². The number of methoxy groups -OCH3 is 1. The molecule has 2 amide bonds. The van der Waals surface area contributed by atoms with Gasteiger partial charge in [-0.25, -0.2) is 4.79 Å². The number of anilines is 1. The van der Waals surface area contributed by atoms with Gasteiger partial charge < -0.3 is 19.9 Å². The summed E-state index contributed by atoms with van der Waals surface area (Å²) in [5.41, 5.74) is 4.01. The van der Waals surface area contributed by atoms with Crippen LogP contribution in [0.3, 0.4) is 0 Å². The van der Waals surface area contributed by atoms with Gasteiger partial charge in [-0.15, -0.1) is 0 Å². The van der Waals surface area contributed by atoms with Gasteiger partial charge in [0.15, 0.2) is 0 Å². The Balaban J connectivity index is 1.57. The van der Waals surface area contributed by atoms with Crippen molar-refractivity contribution in [1.82, 2.24) is 14.8 Å². The SMILES string of the molecule is CCc1ccccc1NC(=O)CN1CCN(C(=O)c2[nH]c(C)c(C(=O)OC)c2C)CC1. The van der Waals surface area contributed by atoms with E-state index >= 15 is 0 Å². The Morgan fingerprint density at radius 2 is 1.77 bits per heavy atom. The normalized spacial score (nSPS) is 14.4. The molecule has 0 unspecified atom stereocenters. The number of carbonyl (C=O) groups excluding carboxylic acids is 3. The highest BCUT2D eigenvalue weighted by molar-refractivity contribution is 6.00. The Kier molecular flexibility index (Phi) is 7.12. The zero-order chi connectivity index (χ0) is 22.5. The van der Waals surface area contributed by atoms with Crippen molar-refractivity contribution in [2.45, 2.75) is 27.2 Å². The molecule has 0 aliphatic carbocycles. The van der Waals surface area contributed by atoms with Crippen molar-refractivity contribution < 1.29 is 19.1 Å². The fraction of sp³-hybridized carbons (Fsp3) is 0.435. The summed E-state index contributed by atoms with van der Waals surface area (Å²) in [6.45, 7) is 8.09. The number of hydrogen-bond donors (Lipinski definition) is 2. The van der Waals surface area contributed by atoms with Gasteiger partial charge in [0.2, 0.25) is 5.91 Å². The molecular weight excluding hydrogens is 396 g/mol. The Morgan fingerprint density at radius 1 is 1.10 bits per heavy atom. The molecule has 1 aliphatic heterocycles. The second-order valence-electron chi connectivity index (χ2n) is 7.74. The van der Waals surface area contributed by atoms with Crippen molar-refractivity contribution >= 4 is 23.5 Å². The lowest BCUT2D eigenvalue weighted by atomic mass is 10.1. The van der Waals surface area contributed by atoms with Crippen LogP contribution in [0.15, 0.2) is 24.3 Å². The summed E-state index contributed by atoms with van der Waals surface area (Å²) < 4.78 is 4.82. The fourth-order valence-electron chi connectivity index (χ4n) is 3.98. The Labute approximate surface area is 182 Å². The molecule has 2 N–H and O–H groups in total. The monoisotopic (exact) mass is 426 g/mol. The van der Waals surface area contributed by atoms with Gasteiger partial charge in [-0.2, -0.15) is 0 Å². The van der Waals surface area contributed by atoms with E-state index < -0.39 is 5.97 Å². The fourth-order valence-corrected chi connectivity index (χ4v) is 3.98. The predicted molar refractivity (Wildman–Crippen MR) is 118 cm³/mol. The summed E-state index contributed by atoms with van der Waals surface area (Å²) in [7, 11) is 1.33. The Hall–Kier alpha value is -3.13. The molecule has 1 aromatic heterocycles. The van der Waals surface area contributed by atoms with Crippen molar-refractivity contribution in [1.29, 1.82) is 0 Å². The minimum Gasteiger partial charge on any atom is -0.465 e.